The summed E-state index contributed by atoms with van der Waals surface area (Å²) in [6.07, 6.45) is -6.39. The number of amides is 1. The van der Waals surface area contributed by atoms with Gasteiger partial charge in [0.25, 0.3) is 5.91 Å². The molecule has 6 heteroatoms. The van der Waals surface area contributed by atoms with E-state index in [1.54, 1.807) is 0 Å². The van der Waals surface area contributed by atoms with Crippen molar-refractivity contribution in [2.45, 2.75) is 19.3 Å². The van der Waals surface area contributed by atoms with Crippen LogP contribution in [0.1, 0.15) is 6.92 Å². The first-order chi connectivity index (χ1) is 4.83. The molecular weight excluding hydrogens is 166 g/mol. The van der Waals surface area contributed by atoms with Crippen LogP contribution in [0.25, 0.3) is 0 Å². The van der Waals surface area contributed by atoms with Crippen LogP contribution in [0.15, 0.2) is 0 Å². The summed E-state index contributed by atoms with van der Waals surface area (Å²) in [6.45, 7) is -0.619. The molecule has 0 aromatic carbocycles. The smallest absolute Gasteiger partial charge is 0.344 e. The van der Waals surface area contributed by atoms with Crippen LogP contribution in [-0.4, -0.2) is 24.8 Å². The van der Waals surface area contributed by atoms with E-state index in [9.17, 15) is 22.4 Å². The molecule has 2 nitrogen and oxygen atoms in total. The first kappa shape index (κ1) is 10.2. The van der Waals surface area contributed by atoms with Crippen molar-refractivity contribution in [2.75, 3.05) is 6.54 Å². The highest BCUT2D eigenvalue weighted by molar-refractivity contribution is 5.80. The van der Waals surface area contributed by atoms with E-state index >= 15 is 0 Å². The standard InChI is InChI=1S/C5H7F4NO/c1-3(6)4(11)10-2-5(7,8)9/h3H,2H2,1H3,(H,10,11). The van der Waals surface area contributed by atoms with Gasteiger partial charge < -0.3 is 5.32 Å². The minimum Gasteiger partial charge on any atom is -0.344 e. The van der Waals surface area contributed by atoms with Crippen LogP contribution in [0.5, 0.6) is 0 Å². The average Bonchev–Trinajstić information content (AvgIpc) is 1.80. The Kier molecular flexibility index (Phi) is 3.28. The van der Waals surface area contributed by atoms with Crippen molar-refractivity contribution in [2.24, 2.45) is 0 Å². The minimum atomic E-state index is -4.48. The van der Waals surface area contributed by atoms with Gasteiger partial charge in [-0.3, -0.25) is 4.79 Å². The lowest BCUT2D eigenvalue weighted by Gasteiger charge is -2.07. The Labute approximate surface area is 60.6 Å². The molecule has 1 unspecified atom stereocenters. The lowest BCUT2D eigenvalue weighted by atomic mass is 10.4. The first-order valence-electron chi connectivity index (χ1n) is 2.81. The van der Waals surface area contributed by atoms with Crippen molar-refractivity contribution in [3.8, 4) is 0 Å². The lowest BCUT2D eigenvalue weighted by molar-refractivity contribution is -0.140. The molecule has 0 aromatic rings. The van der Waals surface area contributed by atoms with Gasteiger partial charge >= 0.3 is 6.18 Å². The van der Waals surface area contributed by atoms with Crippen molar-refractivity contribution >= 4 is 5.91 Å². The normalized spacial score (nSPS) is 14.3. The molecule has 0 heterocycles. The maximum atomic E-state index is 11.9. The van der Waals surface area contributed by atoms with Crippen LogP contribution in [0.3, 0.4) is 0 Å². The third kappa shape index (κ3) is 5.63. The zero-order valence-electron chi connectivity index (χ0n) is 5.70. The van der Waals surface area contributed by atoms with Crippen LogP contribution in [-0.2, 0) is 4.79 Å². The molecule has 0 saturated heterocycles. The highest BCUT2D eigenvalue weighted by Gasteiger charge is 2.28. The van der Waals surface area contributed by atoms with Gasteiger partial charge in [0.15, 0.2) is 6.17 Å². The molecule has 66 valence electrons. The number of halogens is 4. The Morgan fingerprint density at radius 1 is 1.55 bits per heavy atom. The Balaban J connectivity index is 3.64. The summed E-state index contributed by atoms with van der Waals surface area (Å²) in [5.74, 6) is -1.25. The summed E-state index contributed by atoms with van der Waals surface area (Å²) < 4.78 is 45.9. The predicted octanol–water partition coefficient (Wildman–Crippen LogP) is 1.02. The Morgan fingerprint density at radius 3 is 2.27 bits per heavy atom. The lowest BCUT2D eigenvalue weighted by Crippen LogP contribution is -2.37. The maximum absolute atomic E-state index is 11.9. The predicted molar refractivity (Wildman–Crippen MR) is 29.6 cm³/mol. The van der Waals surface area contributed by atoms with Crippen molar-refractivity contribution in [3.05, 3.63) is 0 Å². The van der Waals surface area contributed by atoms with Crippen LogP contribution in [0.2, 0.25) is 0 Å². The molecule has 1 N–H and O–H groups in total. The average molecular weight is 173 g/mol. The fourth-order valence-corrected chi connectivity index (χ4v) is 0.328. The van der Waals surface area contributed by atoms with Gasteiger partial charge in [-0.1, -0.05) is 0 Å². The van der Waals surface area contributed by atoms with E-state index in [2.05, 4.69) is 0 Å². The zero-order valence-corrected chi connectivity index (χ0v) is 5.70. The number of nitrogens with one attached hydrogen (secondary N) is 1. The molecule has 0 aliphatic heterocycles. The number of rotatable bonds is 2. The SMILES string of the molecule is CC(F)C(=O)NCC(F)(F)F. The largest absolute Gasteiger partial charge is 0.405 e. The molecule has 0 bridgehead atoms. The van der Waals surface area contributed by atoms with E-state index in [-0.39, 0.29) is 0 Å². The van der Waals surface area contributed by atoms with Crippen molar-refractivity contribution in [1.82, 2.24) is 5.32 Å². The maximum Gasteiger partial charge on any atom is 0.405 e. The molecule has 1 atom stereocenters. The van der Waals surface area contributed by atoms with E-state index < -0.39 is 24.8 Å². The Bertz CT molecular complexity index is 142. The molecular formula is C5H7F4NO. The summed E-state index contributed by atoms with van der Waals surface area (Å²) in [6, 6.07) is 0. The summed E-state index contributed by atoms with van der Waals surface area (Å²) >= 11 is 0. The zero-order chi connectivity index (χ0) is 9.07. The van der Waals surface area contributed by atoms with E-state index in [1.165, 1.54) is 5.32 Å². The Morgan fingerprint density at radius 2 is 2.00 bits per heavy atom. The molecule has 11 heavy (non-hydrogen) atoms. The summed E-state index contributed by atoms with van der Waals surface area (Å²) in [7, 11) is 0. The van der Waals surface area contributed by atoms with Crippen molar-refractivity contribution in [1.29, 1.82) is 0 Å². The van der Waals surface area contributed by atoms with Gasteiger partial charge in [-0.15, -0.1) is 0 Å². The van der Waals surface area contributed by atoms with Crippen LogP contribution in [0.4, 0.5) is 17.6 Å². The fraction of sp³-hybridized carbons (Fsp3) is 0.800. The van der Waals surface area contributed by atoms with E-state index in [1.807, 2.05) is 0 Å². The molecule has 0 spiro atoms. The highest BCUT2D eigenvalue weighted by Crippen LogP contribution is 2.12. The van der Waals surface area contributed by atoms with E-state index in [0.29, 0.717) is 0 Å². The highest BCUT2D eigenvalue weighted by atomic mass is 19.4. The summed E-state index contributed by atoms with van der Waals surface area (Å²) in [4.78, 5) is 10.2. The van der Waals surface area contributed by atoms with E-state index in [0.717, 1.165) is 6.92 Å². The Hall–Kier alpha value is -0.810. The third-order valence-corrected chi connectivity index (χ3v) is 0.824. The second-order valence-electron chi connectivity index (χ2n) is 1.95. The van der Waals surface area contributed by atoms with Crippen molar-refractivity contribution < 1.29 is 22.4 Å². The second-order valence-corrected chi connectivity index (χ2v) is 1.95. The molecule has 1 amide bonds. The number of hydrogen-bond donors (Lipinski definition) is 1. The molecule has 0 rings (SSSR count). The molecule has 0 saturated carbocycles. The number of alkyl halides is 4. The van der Waals surface area contributed by atoms with Gasteiger partial charge in [-0.05, 0) is 6.92 Å². The molecule has 0 aliphatic carbocycles. The van der Waals surface area contributed by atoms with Crippen LogP contribution in [0, 0.1) is 0 Å². The van der Waals surface area contributed by atoms with Gasteiger partial charge in [-0.25, -0.2) is 4.39 Å². The molecule has 0 aliphatic rings. The minimum absolute atomic E-state index is 0.867. The molecule has 0 aromatic heterocycles. The fourth-order valence-electron chi connectivity index (χ4n) is 0.328. The number of carbonyl (C=O) groups is 1. The van der Waals surface area contributed by atoms with Crippen molar-refractivity contribution in [3.63, 3.8) is 0 Å². The number of hydrogen-bond acceptors (Lipinski definition) is 1. The molecule has 0 radical (unpaired) electrons. The number of carbonyl (C=O) groups excluding carboxylic acids is 1. The summed E-state index contributed by atoms with van der Waals surface area (Å²) in [5.41, 5.74) is 0. The van der Waals surface area contributed by atoms with Crippen LogP contribution >= 0.6 is 0 Å². The monoisotopic (exact) mass is 173 g/mol. The van der Waals surface area contributed by atoms with Gasteiger partial charge in [0.1, 0.15) is 6.54 Å². The van der Waals surface area contributed by atoms with Gasteiger partial charge in [0.2, 0.25) is 0 Å². The first-order valence-corrected chi connectivity index (χ1v) is 2.81. The molecule has 0 fully saturated rings. The van der Waals surface area contributed by atoms with E-state index in [4.69, 9.17) is 0 Å². The van der Waals surface area contributed by atoms with Gasteiger partial charge in [0, 0.05) is 0 Å². The van der Waals surface area contributed by atoms with Crippen LogP contribution < -0.4 is 5.32 Å². The topological polar surface area (TPSA) is 29.1 Å². The third-order valence-electron chi connectivity index (χ3n) is 0.824. The van der Waals surface area contributed by atoms with Gasteiger partial charge in [-0.2, -0.15) is 13.2 Å². The quantitative estimate of drug-likeness (QED) is 0.620. The van der Waals surface area contributed by atoms with Gasteiger partial charge in [0.05, 0.1) is 0 Å². The second kappa shape index (κ2) is 3.54. The summed E-state index contributed by atoms with van der Waals surface area (Å²) in [5, 5.41) is 1.38.